The molecule has 1 atom stereocenters. The van der Waals surface area contributed by atoms with E-state index in [1.54, 1.807) is 12.1 Å². The van der Waals surface area contributed by atoms with Gasteiger partial charge in [0.2, 0.25) is 0 Å². The number of carbonyl (C=O) groups excluding carboxylic acids is 2. The van der Waals surface area contributed by atoms with E-state index in [2.05, 4.69) is 5.32 Å². The van der Waals surface area contributed by atoms with E-state index in [0.717, 1.165) is 18.4 Å². The zero-order valence-electron chi connectivity index (χ0n) is 14.0. The van der Waals surface area contributed by atoms with Crippen LogP contribution in [0, 0.1) is 0 Å². The summed E-state index contributed by atoms with van der Waals surface area (Å²) in [6, 6.07) is 8.99. The molecule has 4 nitrogen and oxygen atoms in total. The maximum Gasteiger partial charge on any atom is 0.348 e. The second kappa shape index (κ2) is 8.02. The van der Waals surface area contributed by atoms with Gasteiger partial charge in [-0.25, -0.2) is 4.79 Å². The van der Waals surface area contributed by atoms with Gasteiger partial charge in [0, 0.05) is 9.90 Å². The Kier molecular flexibility index (Phi) is 5.76. The highest BCUT2D eigenvalue weighted by atomic mass is 35.5. The minimum atomic E-state index is -0.423. The van der Waals surface area contributed by atoms with E-state index in [-0.39, 0.29) is 18.6 Å². The van der Waals surface area contributed by atoms with Crippen molar-refractivity contribution < 1.29 is 14.3 Å². The molecule has 0 unspecified atom stereocenters. The SMILES string of the molecule is C[C@@H](NC(=O)COC(=O)c1cc2c(s1)CCCC2)c1ccc(Cl)cc1. The van der Waals surface area contributed by atoms with Crippen molar-refractivity contribution in [3.05, 3.63) is 56.2 Å². The lowest BCUT2D eigenvalue weighted by Gasteiger charge is -2.14. The fourth-order valence-corrected chi connectivity index (χ4v) is 4.18. The smallest absolute Gasteiger partial charge is 0.348 e. The molecule has 1 aliphatic rings. The Morgan fingerprint density at radius 3 is 2.68 bits per heavy atom. The number of thiophene rings is 1. The van der Waals surface area contributed by atoms with Crippen LogP contribution in [0.25, 0.3) is 0 Å². The van der Waals surface area contributed by atoms with Crippen LogP contribution in [0.15, 0.2) is 30.3 Å². The predicted molar refractivity (Wildman–Crippen MR) is 99.3 cm³/mol. The molecule has 1 aromatic carbocycles. The summed E-state index contributed by atoms with van der Waals surface area (Å²) in [5.41, 5.74) is 2.19. The number of aryl methyl sites for hydroxylation is 2. The van der Waals surface area contributed by atoms with E-state index in [1.165, 1.54) is 34.6 Å². The number of carbonyl (C=O) groups is 2. The first kappa shape index (κ1) is 18.0. The summed E-state index contributed by atoms with van der Waals surface area (Å²) in [5, 5.41) is 3.46. The zero-order valence-corrected chi connectivity index (χ0v) is 15.6. The minimum Gasteiger partial charge on any atom is -0.451 e. The number of benzene rings is 1. The van der Waals surface area contributed by atoms with Crippen LogP contribution in [0.5, 0.6) is 0 Å². The maximum atomic E-state index is 12.2. The van der Waals surface area contributed by atoms with Gasteiger partial charge in [0.1, 0.15) is 4.88 Å². The molecule has 0 saturated heterocycles. The van der Waals surface area contributed by atoms with E-state index < -0.39 is 5.97 Å². The molecule has 0 saturated carbocycles. The third-order valence-electron chi connectivity index (χ3n) is 4.28. The van der Waals surface area contributed by atoms with Gasteiger partial charge in [0.25, 0.3) is 5.91 Å². The summed E-state index contributed by atoms with van der Waals surface area (Å²) in [6.45, 7) is 1.59. The highest BCUT2D eigenvalue weighted by Gasteiger charge is 2.19. The Hall–Kier alpha value is -1.85. The summed E-state index contributed by atoms with van der Waals surface area (Å²) in [4.78, 5) is 26.0. The first-order valence-electron chi connectivity index (χ1n) is 8.36. The molecule has 132 valence electrons. The first-order chi connectivity index (χ1) is 12.0. The van der Waals surface area contributed by atoms with Crippen molar-refractivity contribution in [2.45, 2.75) is 38.6 Å². The molecular formula is C19H20ClNO3S. The molecule has 3 rings (SSSR count). The molecule has 0 spiro atoms. The third kappa shape index (κ3) is 4.61. The van der Waals surface area contributed by atoms with Crippen molar-refractivity contribution >= 4 is 34.8 Å². The number of amides is 1. The number of esters is 1. The Morgan fingerprint density at radius 1 is 1.24 bits per heavy atom. The quantitative estimate of drug-likeness (QED) is 0.789. The van der Waals surface area contributed by atoms with E-state index in [4.69, 9.17) is 16.3 Å². The number of halogens is 1. The van der Waals surface area contributed by atoms with Crippen LogP contribution >= 0.6 is 22.9 Å². The van der Waals surface area contributed by atoms with Gasteiger partial charge >= 0.3 is 5.97 Å². The van der Waals surface area contributed by atoms with Crippen LogP contribution in [0.2, 0.25) is 5.02 Å². The molecule has 1 aliphatic carbocycles. The van der Waals surface area contributed by atoms with Crippen LogP contribution < -0.4 is 5.32 Å². The molecule has 6 heteroatoms. The normalized spacial score (nSPS) is 14.5. The van der Waals surface area contributed by atoms with Crippen molar-refractivity contribution in [1.82, 2.24) is 5.32 Å². The average molecular weight is 378 g/mol. The molecule has 0 aliphatic heterocycles. The first-order valence-corrected chi connectivity index (χ1v) is 9.56. The molecular weight excluding hydrogens is 358 g/mol. The Bertz CT molecular complexity index is 746. The van der Waals surface area contributed by atoms with E-state index in [0.29, 0.717) is 9.90 Å². The second-order valence-corrected chi connectivity index (χ2v) is 7.76. The molecule has 0 radical (unpaired) electrons. The Balaban J connectivity index is 1.50. The number of hydrogen-bond donors (Lipinski definition) is 1. The van der Waals surface area contributed by atoms with Crippen molar-refractivity contribution in [1.29, 1.82) is 0 Å². The summed E-state index contributed by atoms with van der Waals surface area (Å²) >= 11 is 7.35. The number of ether oxygens (including phenoxy) is 1. The van der Waals surface area contributed by atoms with Crippen molar-refractivity contribution in [2.75, 3.05) is 6.61 Å². The molecule has 25 heavy (non-hydrogen) atoms. The van der Waals surface area contributed by atoms with Crippen molar-refractivity contribution in [2.24, 2.45) is 0 Å². The van der Waals surface area contributed by atoms with Gasteiger partial charge in [0.15, 0.2) is 6.61 Å². The van der Waals surface area contributed by atoms with Crippen LogP contribution in [0.1, 0.15) is 51.5 Å². The molecule has 0 fully saturated rings. The standard InChI is InChI=1S/C19H20ClNO3S/c1-12(13-6-8-15(20)9-7-13)21-18(22)11-24-19(23)17-10-14-4-2-3-5-16(14)25-17/h6-10,12H,2-5,11H2,1H3,(H,21,22)/t12-/m1/s1. The van der Waals surface area contributed by atoms with Gasteiger partial charge in [-0.05, 0) is 61.9 Å². The average Bonchev–Trinajstić information content (AvgIpc) is 3.04. The van der Waals surface area contributed by atoms with Crippen molar-refractivity contribution in [3.8, 4) is 0 Å². The van der Waals surface area contributed by atoms with Gasteiger partial charge in [-0.1, -0.05) is 23.7 Å². The van der Waals surface area contributed by atoms with Gasteiger partial charge in [-0.15, -0.1) is 11.3 Å². The van der Waals surface area contributed by atoms with E-state index in [9.17, 15) is 9.59 Å². The van der Waals surface area contributed by atoms with Crippen molar-refractivity contribution in [3.63, 3.8) is 0 Å². The van der Waals surface area contributed by atoms with Gasteiger partial charge < -0.3 is 10.1 Å². The highest BCUT2D eigenvalue weighted by Crippen LogP contribution is 2.30. The highest BCUT2D eigenvalue weighted by molar-refractivity contribution is 7.14. The van der Waals surface area contributed by atoms with Crippen LogP contribution in [-0.2, 0) is 22.4 Å². The topological polar surface area (TPSA) is 55.4 Å². The van der Waals surface area contributed by atoms with Crippen LogP contribution in [-0.4, -0.2) is 18.5 Å². The number of rotatable bonds is 5. The predicted octanol–water partition coefficient (Wildman–Crippen LogP) is 4.31. The maximum absolute atomic E-state index is 12.2. The lowest BCUT2D eigenvalue weighted by molar-refractivity contribution is -0.124. The summed E-state index contributed by atoms with van der Waals surface area (Å²) < 4.78 is 5.16. The lowest BCUT2D eigenvalue weighted by Crippen LogP contribution is -2.31. The summed E-state index contributed by atoms with van der Waals surface area (Å²) in [5.74, 6) is -0.745. The Labute approximate surface area is 156 Å². The molecule has 1 amide bonds. The number of hydrogen-bond acceptors (Lipinski definition) is 4. The number of nitrogens with one attached hydrogen (secondary N) is 1. The fourth-order valence-electron chi connectivity index (χ4n) is 2.91. The fraction of sp³-hybridized carbons (Fsp3) is 0.368. The van der Waals surface area contributed by atoms with E-state index in [1.807, 2.05) is 25.1 Å². The van der Waals surface area contributed by atoms with Gasteiger partial charge in [0.05, 0.1) is 6.04 Å². The zero-order chi connectivity index (χ0) is 17.8. The summed E-state index contributed by atoms with van der Waals surface area (Å²) in [6.07, 6.45) is 4.40. The molecule has 2 aromatic rings. The van der Waals surface area contributed by atoms with Crippen LogP contribution in [0.4, 0.5) is 0 Å². The number of fused-ring (bicyclic) bond motifs is 1. The monoisotopic (exact) mass is 377 g/mol. The lowest BCUT2D eigenvalue weighted by atomic mass is 9.99. The molecule has 1 aromatic heterocycles. The Morgan fingerprint density at radius 2 is 1.96 bits per heavy atom. The third-order valence-corrected chi connectivity index (χ3v) is 5.75. The molecule has 1 N–H and O–H groups in total. The van der Waals surface area contributed by atoms with Gasteiger partial charge in [-0.2, -0.15) is 0 Å². The van der Waals surface area contributed by atoms with Crippen LogP contribution in [0.3, 0.4) is 0 Å². The minimum absolute atomic E-state index is 0.183. The van der Waals surface area contributed by atoms with Gasteiger partial charge in [-0.3, -0.25) is 4.79 Å². The summed E-state index contributed by atoms with van der Waals surface area (Å²) in [7, 11) is 0. The van der Waals surface area contributed by atoms with E-state index >= 15 is 0 Å². The molecule has 1 heterocycles. The second-order valence-electron chi connectivity index (χ2n) is 6.18. The largest absolute Gasteiger partial charge is 0.451 e. The molecule has 0 bridgehead atoms.